The fourth-order valence-corrected chi connectivity index (χ4v) is 2.74. The maximum atomic E-state index is 12.5. The normalized spacial score (nSPS) is 24.7. The Kier molecular flexibility index (Phi) is 6.32. The van der Waals surface area contributed by atoms with E-state index in [1.165, 1.54) is 19.4 Å². The Morgan fingerprint density at radius 2 is 2.27 bits per heavy atom. The molecule has 4 N–H and O–H groups in total. The number of carbonyl (C=O) groups is 2. The fourth-order valence-electron chi connectivity index (χ4n) is 2.74. The van der Waals surface area contributed by atoms with Crippen molar-refractivity contribution in [3.63, 3.8) is 0 Å². The molecule has 1 aromatic heterocycles. The maximum absolute atomic E-state index is 12.5. The van der Waals surface area contributed by atoms with E-state index in [0.717, 1.165) is 4.57 Å². The zero-order chi connectivity index (χ0) is 19.4. The van der Waals surface area contributed by atoms with E-state index in [0.29, 0.717) is 6.42 Å². The summed E-state index contributed by atoms with van der Waals surface area (Å²) in [6, 6.07) is 0.564. The van der Waals surface area contributed by atoms with Crippen LogP contribution >= 0.6 is 0 Å². The Morgan fingerprint density at radius 3 is 2.85 bits per heavy atom. The van der Waals surface area contributed by atoms with Gasteiger partial charge in [-0.2, -0.15) is 4.98 Å². The van der Waals surface area contributed by atoms with Gasteiger partial charge in [0, 0.05) is 12.6 Å². The van der Waals surface area contributed by atoms with Crippen molar-refractivity contribution >= 4 is 17.7 Å². The molecule has 0 spiro atoms. The van der Waals surface area contributed by atoms with Gasteiger partial charge in [-0.05, 0) is 12.0 Å². The Labute approximate surface area is 150 Å². The molecule has 10 nitrogen and oxygen atoms in total. The minimum absolute atomic E-state index is 0.0236. The first-order chi connectivity index (χ1) is 12.3. The number of esters is 1. The zero-order valence-corrected chi connectivity index (χ0v) is 14.9. The molecule has 0 bridgehead atoms. The van der Waals surface area contributed by atoms with Crippen molar-refractivity contribution in [3.05, 3.63) is 22.7 Å². The minimum Gasteiger partial charge on any atom is -0.467 e. The molecule has 0 aliphatic carbocycles. The van der Waals surface area contributed by atoms with Crippen molar-refractivity contribution in [1.82, 2.24) is 14.9 Å². The quantitative estimate of drug-likeness (QED) is 0.552. The molecule has 1 aliphatic heterocycles. The largest absolute Gasteiger partial charge is 0.467 e. The summed E-state index contributed by atoms with van der Waals surface area (Å²) in [6.07, 6.45) is -1.17. The van der Waals surface area contributed by atoms with E-state index in [4.69, 9.17) is 15.2 Å². The molecule has 0 saturated carbocycles. The molecular weight excluding hydrogens is 344 g/mol. The molecule has 1 aliphatic rings. The lowest BCUT2D eigenvalue weighted by Gasteiger charge is -2.24. The van der Waals surface area contributed by atoms with Gasteiger partial charge in [0.25, 0.3) is 5.91 Å². The lowest BCUT2D eigenvalue weighted by atomic mass is 9.98. The van der Waals surface area contributed by atoms with Crippen LogP contribution in [-0.2, 0) is 19.1 Å². The third kappa shape index (κ3) is 4.20. The first-order valence-electron chi connectivity index (χ1n) is 8.34. The summed E-state index contributed by atoms with van der Waals surface area (Å²) < 4.78 is 11.4. The molecule has 10 heteroatoms. The van der Waals surface area contributed by atoms with Gasteiger partial charge in [0.2, 0.25) is 0 Å². The number of ether oxygens (including phenoxy) is 2. The minimum atomic E-state index is -1.22. The zero-order valence-electron chi connectivity index (χ0n) is 14.9. The third-order valence-corrected chi connectivity index (χ3v) is 4.48. The molecule has 26 heavy (non-hydrogen) atoms. The second kappa shape index (κ2) is 8.28. The number of aliphatic hydroxyl groups is 1. The lowest BCUT2D eigenvalue weighted by Crippen LogP contribution is -2.51. The van der Waals surface area contributed by atoms with Gasteiger partial charge >= 0.3 is 11.7 Å². The van der Waals surface area contributed by atoms with E-state index >= 15 is 0 Å². The molecule has 2 rings (SSSR count). The van der Waals surface area contributed by atoms with Crippen molar-refractivity contribution in [2.75, 3.05) is 12.8 Å². The molecule has 5 atom stereocenters. The number of carbonyl (C=O) groups excluding carboxylic acids is 2. The van der Waals surface area contributed by atoms with Gasteiger partial charge in [-0.1, -0.05) is 20.3 Å². The van der Waals surface area contributed by atoms with Crippen molar-refractivity contribution in [3.8, 4) is 0 Å². The smallest absolute Gasteiger partial charge is 0.351 e. The highest BCUT2D eigenvalue weighted by molar-refractivity contribution is 5.87. The number of nitrogens with zero attached hydrogens (tertiary/aromatic N) is 2. The average Bonchev–Trinajstić information content (AvgIpc) is 2.99. The highest BCUT2D eigenvalue weighted by atomic mass is 16.5. The van der Waals surface area contributed by atoms with Gasteiger partial charge in [-0.25, -0.2) is 9.59 Å². The molecule has 144 valence electrons. The standard InChI is InChI=1S/C16H24N4O6/c1-4-8(2)12(15(23)25-3)19-14(22)13-9(21)7-11(26-13)20-6-5-10(17)18-16(20)24/h5-6,8-9,11-13,21H,4,7H2,1-3H3,(H,19,22)(H2,17,18,24). The van der Waals surface area contributed by atoms with Gasteiger partial charge < -0.3 is 25.6 Å². The van der Waals surface area contributed by atoms with E-state index < -0.39 is 42.0 Å². The Hall–Kier alpha value is -2.46. The SMILES string of the molecule is CCC(C)C(NC(=O)C1OC(n2ccc(N)nc2=O)CC1O)C(=O)OC. The number of aromatic nitrogens is 2. The van der Waals surface area contributed by atoms with Crippen molar-refractivity contribution < 1.29 is 24.2 Å². The van der Waals surface area contributed by atoms with Crippen LogP contribution in [0, 0.1) is 5.92 Å². The van der Waals surface area contributed by atoms with Crippen molar-refractivity contribution in [2.24, 2.45) is 5.92 Å². The first kappa shape index (κ1) is 19.9. The Morgan fingerprint density at radius 1 is 1.58 bits per heavy atom. The van der Waals surface area contributed by atoms with Gasteiger partial charge in [-0.15, -0.1) is 0 Å². The van der Waals surface area contributed by atoms with E-state index in [2.05, 4.69) is 10.3 Å². The molecule has 1 fully saturated rings. The number of hydrogen-bond donors (Lipinski definition) is 3. The van der Waals surface area contributed by atoms with Gasteiger partial charge in [0.15, 0.2) is 6.10 Å². The van der Waals surface area contributed by atoms with Crippen LogP contribution in [0.1, 0.15) is 32.9 Å². The summed E-state index contributed by atoms with van der Waals surface area (Å²) in [4.78, 5) is 39.9. The molecule has 0 radical (unpaired) electrons. The number of nitrogen functional groups attached to an aromatic ring is 1. The molecule has 2 heterocycles. The van der Waals surface area contributed by atoms with Crippen molar-refractivity contribution in [1.29, 1.82) is 0 Å². The van der Waals surface area contributed by atoms with Crippen LogP contribution in [0.2, 0.25) is 0 Å². The lowest BCUT2D eigenvalue weighted by molar-refractivity contribution is -0.150. The van der Waals surface area contributed by atoms with E-state index in [1.807, 2.05) is 6.92 Å². The first-order valence-corrected chi connectivity index (χ1v) is 8.34. The van der Waals surface area contributed by atoms with Gasteiger partial charge in [0.1, 0.15) is 18.1 Å². The number of aliphatic hydroxyl groups excluding tert-OH is 1. The number of anilines is 1. The predicted octanol–water partition coefficient (Wildman–Crippen LogP) is -0.822. The van der Waals surface area contributed by atoms with Crippen LogP contribution < -0.4 is 16.7 Å². The number of nitrogens with one attached hydrogen (secondary N) is 1. The topological polar surface area (TPSA) is 146 Å². The number of rotatable bonds is 6. The number of methoxy groups -OCH3 is 1. The summed E-state index contributed by atoms with van der Waals surface area (Å²) in [6.45, 7) is 3.68. The van der Waals surface area contributed by atoms with Crippen LogP contribution in [0.5, 0.6) is 0 Å². The predicted molar refractivity (Wildman–Crippen MR) is 90.8 cm³/mol. The number of nitrogens with two attached hydrogens (primary N) is 1. The summed E-state index contributed by atoms with van der Waals surface area (Å²) in [7, 11) is 1.24. The summed E-state index contributed by atoms with van der Waals surface area (Å²) >= 11 is 0. The number of amides is 1. The van der Waals surface area contributed by atoms with Gasteiger partial charge in [0.05, 0.1) is 13.2 Å². The summed E-state index contributed by atoms with van der Waals surface area (Å²) in [5.74, 6) is -1.32. The van der Waals surface area contributed by atoms with Crippen LogP contribution in [0.4, 0.5) is 5.82 Å². The van der Waals surface area contributed by atoms with Crippen LogP contribution in [0.3, 0.4) is 0 Å². The Balaban J connectivity index is 2.12. The monoisotopic (exact) mass is 368 g/mol. The summed E-state index contributed by atoms with van der Waals surface area (Å²) in [5, 5.41) is 12.7. The second-order valence-corrected chi connectivity index (χ2v) is 6.25. The van der Waals surface area contributed by atoms with E-state index in [9.17, 15) is 19.5 Å². The van der Waals surface area contributed by atoms with Crippen LogP contribution in [0.15, 0.2) is 17.1 Å². The maximum Gasteiger partial charge on any atom is 0.351 e. The summed E-state index contributed by atoms with van der Waals surface area (Å²) in [5.41, 5.74) is 4.80. The Bertz CT molecular complexity index is 721. The van der Waals surface area contributed by atoms with Crippen LogP contribution in [-0.4, -0.2) is 51.9 Å². The highest BCUT2D eigenvalue weighted by Gasteiger charge is 2.41. The molecule has 0 aromatic carbocycles. The molecule has 5 unspecified atom stereocenters. The van der Waals surface area contributed by atoms with Crippen LogP contribution in [0.25, 0.3) is 0 Å². The second-order valence-electron chi connectivity index (χ2n) is 6.25. The molecular formula is C16H24N4O6. The number of hydrogen-bond acceptors (Lipinski definition) is 8. The van der Waals surface area contributed by atoms with Crippen molar-refractivity contribution in [2.45, 2.75) is 51.2 Å². The van der Waals surface area contributed by atoms with Gasteiger partial charge in [-0.3, -0.25) is 9.36 Å². The molecule has 1 aromatic rings. The highest BCUT2D eigenvalue weighted by Crippen LogP contribution is 2.28. The fraction of sp³-hybridized carbons (Fsp3) is 0.625. The van der Waals surface area contributed by atoms with E-state index in [-0.39, 0.29) is 18.2 Å². The average molecular weight is 368 g/mol. The molecule has 1 amide bonds. The molecule has 1 saturated heterocycles. The third-order valence-electron chi connectivity index (χ3n) is 4.48. The van der Waals surface area contributed by atoms with E-state index in [1.54, 1.807) is 6.92 Å².